The van der Waals surface area contributed by atoms with Crippen LogP contribution in [0.4, 0.5) is 13.2 Å². The minimum absolute atomic E-state index is 0.0497. The summed E-state index contributed by atoms with van der Waals surface area (Å²) in [5.41, 5.74) is -0.180. The predicted molar refractivity (Wildman–Crippen MR) is 60.8 cm³/mol. The number of nitriles is 1. The smallest absolute Gasteiger partial charge is 0.235 e. The summed E-state index contributed by atoms with van der Waals surface area (Å²) in [6.07, 6.45) is -2.54. The van der Waals surface area contributed by atoms with E-state index in [0.717, 1.165) is 6.07 Å². The van der Waals surface area contributed by atoms with Crippen LogP contribution in [0, 0.1) is 18.3 Å². The zero-order valence-corrected chi connectivity index (χ0v) is 10.3. The number of hydrogen-bond donors (Lipinski definition) is 0. The van der Waals surface area contributed by atoms with Crippen LogP contribution in [0.5, 0.6) is 0 Å². The molecule has 0 saturated heterocycles. The molecule has 0 radical (unpaired) electrons. The first-order valence-electron chi connectivity index (χ1n) is 5.02. The average molecular weight is 287 g/mol. The van der Waals surface area contributed by atoms with Crippen LogP contribution < -0.4 is 0 Å². The summed E-state index contributed by atoms with van der Waals surface area (Å²) < 4.78 is 38.7. The van der Waals surface area contributed by atoms with E-state index in [9.17, 15) is 13.2 Å². The highest BCUT2D eigenvalue weighted by Gasteiger charge is 2.31. The van der Waals surface area contributed by atoms with Crippen LogP contribution in [0.1, 0.15) is 16.8 Å². The molecule has 0 aliphatic carbocycles. The molecule has 0 aliphatic heterocycles. The third-order valence-electron chi connectivity index (χ3n) is 2.48. The van der Waals surface area contributed by atoms with Crippen LogP contribution in [0.3, 0.4) is 0 Å². The molecule has 2 rings (SSSR count). The first kappa shape index (κ1) is 13.4. The summed E-state index contributed by atoms with van der Waals surface area (Å²) in [5, 5.41) is 12.5. The monoisotopic (exact) mass is 286 g/mol. The van der Waals surface area contributed by atoms with Gasteiger partial charge in [-0.2, -0.15) is 23.5 Å². The fourth-order valence-electron chi connectivity index (χ4n) is 1.47. The lowest BCUT2D eigenvalue weighted by molar-refractivity contribution is -0.137. The van der Waals surface area contributed by atoms with Gasteiger partial charge in [0.1, 0.15) is 6.07 Å². The fraction of sp³-hybridized carbons (Fsp3) is 0.182. The molecule has 2 aromatic heterocycles. The highest BCUT2D eigenvalue weighted by Crippen LogP contribution is 2.32. The molecule has 0 unspecified atom stereocenters. The molecule has 2 heterocycles. The van der Waals surface area contributed by atoms with Crippen LogP contribution in [0.15, 0.2) is 18.5 Å². The van der Waals surface area contributed by atoms with Gasteiger partial charge in [0.05, 0.1) is 28.0 Å². The van der Waals surface area contributed by atoms with Gasteiger partial charge in [-0.1, -0.05) is 11.6 Å². The van der Waals surface area contributed by atoms with E-state index < -0.39 is 11.7 Å². The number of alkyl halides is 3. The van der Waals surface area contributed by atoms with Gasteiger partial charge < -0.3 is 0 Å². The Morgan fingerprint density at radius 1 is 1.37 bits per heavy atom. The van der Waals surface area contributed by atoms with Gasteiger partial charge in [0.15, 0.2) is 5.82 Å². The van der Waals surface area contributed by atoms with Gasteiger partial charge in [-0.15, -0.1) is 0 Å². The Hall–Kier alpha value is -2.07. The number of nitrogens with zero attached hydrogens (tertiary/aromatic N) is 4. The van der Waals surface area contributed by atoms with E-state index in [4.69, 9.17) is 16.9 Å². The molecular weight excluding hydrogens is 281 g/mol. The van der Waals surface area contributed by atoms with E-state index in [2.05, 4.69) is 10.1 Å². The van der Waals surface area contributed by atoms with Crippen LogP contribution >= 0.6 is 11.6 Å². The Kier molecular flexibility index (Phi) is 3.20. The van der Waals surface area contributed by atoms with E-state index in [1.807, 2.05) is 6.07 Å². The Balaban J connectivity index is 2.53. The van der Waals surface area contributed by atoms with Crippen molar-refractivity contribution in [3.8, 4) is 11.9 Å². The van der Waals surface area contributed by atoms with Crippen molar-refractivity contribution in [3.63, 3.8) is 0 Å². The van der Waals surface area contributed by atoms with Crippen molar-refractivity contribution >= 4 is 11.6 Å². The molecule has 0 N–H and O–H groups in total. The normalized spacial score (nSPS) is 11.4. The molecule has 0 aromatic carbocycles. The summed E-state index contributed by atoms with van der Waals surface area (Å²) >= 11 is 5.79. The van der Waals surface area contributed by atoms with E-state index in [0.29, 0.717) is 17.5 Å². The second-order valence-corrected chi connectivity index (χ2v) is 4.10. The Morgan fingerprint density at radius 2 is 2.05 bits per heavy atom. The topological polar surface area (TPSA) is 54.5 Å². The van der Waals surface area contributed by atoms with Crippen molar-refractivity contribution in [2.75, 3.05) is 0 Å². The summed E-state index contributed by atoms with van der Waals surface area (Å²) in [5.74, 6) is 0.0497. The zero-order chi connectivity index (χ0) is 14.2. The molecular formula is C11H6ClF3N4. The molecule has 0 amide bonds. The lowest BCUT2D eigenvalue weighted by Crippen LogP contribution is -2.09. The van der Waals surface area contributed by atoms with Crippen molar-refractivity contribution in [2.45, 2.75) is 13.1 Å². The molecule has 0 fully saturated rings. The highest BCUT2D eigenvalue weighted by molar-refractivity contribution is 6.32. The summed E-state index contributed by atoms with van der Waals surface area (Å²) in [4.78, 5) is 3.66. The Bertz CT molecular complexity index is 670. The number of halogens is 4. The van der Waals surface area contributed by atoms with Crippen LogP contribution in [0.2, 0.25) is 5.02 Å². The Morgan fingerprint density at radius 3 is 2.53 bits per heavy atom. The first-order valence-corrected chi connectivity index (χ1v) is 5.40. The second-order valence-electron chi connectivity index (χ2n) is 3.69. The molecule has 0 bridgehead atoms. The van der Waals surface area contributed by atoms with E-state index >= 15 is 0 Å². The number of hydrogen-bond acceptors (Lipinski definition) is 3. The van der Waals surface area contributed by atoms with Crippen LogP contribution in [-0.2, 0) is 6.18 Å². The predicted octanol–water partition coefficient (Wildman–Crippen LogP) is 3.12. The van der Waals surface area contributed by atoms with Gasteiger partial charge >= 0.3 is 6.18 Å². The third kappa shape index (κ3) is 2.39. The Labute approximate surface area is 111 Å². The summed E-state index contributed by atoms with van der Waals surface area (Å²) in [6, 6.07) is 2.68. The first-order chi connectivity index (χ1) is 8.84. The van der Waals surface area contributed by atoms with E-state index in [-0.39, 0.29) is 10.8 Å². The molecule has 8 heteroatoms. The van der Waals surface area contributed by atoms with Crippen molar-refractivity contribution in [1.29, 1.82) is 5.26 Å². The van der Waals surface area contributed by atoms with Crippen LogP contribution in [0.25, 0.3) is 5.82 Å². The van der Waals surface area contributed by atoms with E-state index in [1.54, 1.807) is 6.92 Å². The van der Waals surface area contributed by atoms with Gasteiger partial charge in [-0.25, -0.2) is 9.67 Å². The SMILES string of the molecule is Cc1c(C#N)cnn1-c1ncc(C(F)(F)F)cc1Cl. The van der Waals surface area contributed by atoms with Gasteiger partial charge in [0.2, 0.25) is 0 Å². The van der Waals surface area contributed by atoms with Gasteiger partial charge in [0, 0.05) is 6.20 Å². The van der Waals surface area contributed by atoms with E-state index in [1.165, 1.54) is 10.9 Å². The number of rotatable bonds is 1. The third-order valence-corrected chi connectivity index (χ3v) is 2.76. The maximum Gasteiger partial charge on any atom is 0.417 e. The summed E-state index contributed by atoms with van der Waals surface area (Å²) in [6.45, 7) is 1.60. The standard InChI is InChI=1S/C11H6ClF3N4/c1-6-7(3-16)4-18-19(6)10-9(12)2-8(5-17-10)11(13,14)15/h2,4-5H,1H3. The minimum Gasteiger partial charge on any atom is -0.235 e. The maximum absolute atomic E-state index is 12.5. The highest BCUT2D eigenvalue weighted by atomic mass is 35.5. The number of aromatic nitrogens is 3. The minimum atomic E-state index is -4.51. The van der Waals surface area contributed by atoms with Crippen molar-refractivity contribution < 1.29 is 13.2 Å². The quantitative estimate of drug-likeness (QED) is 0.809. The van der Waals surface area contributed by atoms with Gasteiger partial charge in [-0.05, 0) is 13.0 Å². The average Bonchev–Trinajstić information content (AvgIpc) is 2.69. The fourth-order valence-corrected chi connectivity index (χ4v) is 1.72. The van der Waals surface area contributed by atoms with Crippen molar-refractivity contribution in [3.05, 3.63) is 40.3 Å². The van der Waals surface area contributed by atoms with Gasteiger partial charge in [0.25, 0.3) is 0 Å². The molecule has 0 atom stereocenters. The molecule has 4 nitrogen and oxygen atoms in total. The lowest BCUT2D eigenvalue weighted by atomic mass is 10.2. The molecule has 19 heavy (non-hydrogen) atoms. The van der Waals surface area contributed by atoms with Crippen molar-refractivity contribution in [1.82, 2.24) is 14.8 Å². The number of pyridine rings is 1. The maximum atomic E-state index is 12.5. The largest absolute Gasteiger partial charge is 0.417 e. The molecule has 0 spiro atoms. The molecule has 0 aliphatic rings. The van der Waals surface area contributed by atoms with Gasteiger partial charge in [-0.3, -0.25) is 0 Å². The zero-order valence-electron chi connectivity index (χ0n) is 9.53. The lowest BCUT2D eigenvalue weighted by Gasteiger charge is -2.10. The van der Waals surface area contributed by atoms with Crippen LogP contribution in [-0.4, -0.2) is 14.8 Å². The molecule has 2 aromatic rings. The second kappa shape index (κ2) is 4.55. The molecule has 0 saturated carbocycles. The summed E-state index contributed by atoms with van der Waals surface area (Å²) in [7, 11) is 0. The van der Waals surface area contributed by atoms with Crippen molar-refractivity contribution in [2.24, 2.45) is 0 Å². The molecule has 98 valence electrons.